The maximum Gasteiger partial charge on any atom is 0.267 e. The van der Waals surface area contributed by atoms with Crippen LogP contribution in [0.15, 0.2) is 18.3 Å². The van der Waals surface area contributed by atoms with Gasteiger partial charge >= 0.3 is 0 Å². The number of hydrogen-bond donors (Lipinski definition) is 1. The number of rotatable bonds is 5. The van der Waals surface area contributed by atoms with Gasteiger partial charge in [-0.2, -0.15) is 0 Å². The van der Waals surface area contributed by atoms with Gasteiger partial charge in [0.2, 0.25) is 5.91 Å². The summed E-state index contributed by atoms with van der Waals surface area (Å²) < 4.78 is 7.86. The number of carbonyl (C=O) groups is 2. The highest BCUT2D eigenvalue weighted by atomic mass is 16.5. The van der Waals surface area contributed by atoms with E-state index < -0.39 is 0 Å². The molecule has 1 atom stereocenters. The van der Waals surface area contributed by atoms with Crippen LogP contribution in [0.5, 0.6) is 0 Å². The molecule has 1 saturated carbocycles. The highest BCUT2D eigenvalue weighted by Gasteiger charge is 2.54. The van der Waals surface area contributed by atoms with Crippen molar-refractivity contribution in [2.45, 2.75) is 37.7 Å². The maximum atomic E-state index is 12.3. The lowest BCUT2D eigenvalue weighted by Gasteiger charge is -2.51. The predicted octanol–water partition coefficient (Wildman–Crippen LogP) is 1.56. The standard InChI is InChI=1S/C19H27N3O3/c1-21-10-3-6-16(21)17(23)20-9-7-15-8-11-25-19(15)12-22(13-19)18(24)14-4-2-5-14/h3,6,10,14-15H,2,4-5,7-9,11-13H2,1H3,(H,20,23). The fraction of sp³-hybridized carbons (Fsp3) is 0.684. The van der Waals surface area contributed by atoms with Gasteiger partial charge in [0.05, 0.1) is 13.1 Å². The largest absolute Gasteiger partial charge is 0.371 e. The van der Waals surface area contributed by atoms with E-state index in [1.165, 1.54) is 6.42 Å². The summed E-state index contributed by atoms with van der Waals surface area (Å²) in [5.74, 6) is 0.979. The Morgan fingerprint density at radius 1 is 1.32 bits per heavy atom. The molecule has 6 heteroatoms. The number of nitrogens with zero attached hydrogens (tertiary/aromatic N) is 2. The van der Waals surface area contributed by atoms with Crippen molar-refractivity contribution in [1.82, 2.24) is 14.8 Å². The molecule has 136 valence electrons. The van der Waals surface area contributed by atoms with E-state index >= 15 is 0 Å². The van der Waals surface area contributed by atoms with Crippen molar-refractivity contribution in [2.75, 3.05) is 26.2 Å². The molecule has 3 aliphatic rings. The zero-order chi connectivity index (χ0) is 17.4. The molecule has 25 heavy (non-hydrogen) atoms. The molecule has 1 spiro atoms. The van der Waals surface area contributed by atoms with Crippen molar-refractivity contribution in [2.24, 2.45) is 18.9 Å². The minimum Gasteiger partial charge on any atom is -0.371 e. The average Bonchev–Trinajstić information content (AvgIpc) is 3.10. The first-order chi connectivity index (χ1) is 12.1. The molecular formula is C19H27N3O3. The van der Waals surface area contributed by atoms with Gasteiger partial charge in [0.1, 0.15) is 11.3 Å². The summed E-state index contributed by atoms with van der Waals surface area (Å²) in [6, 6.07) is 3.70. The molecule has 0 bridgehead atoms. The van der Waals surface area contributed by atoms with E-state index in [4.69, 9.17) is 4.74 Å². The lowest BCUT2D eigenvalue weighted by atomic mass is 9.76. The highest BCUT2D eigenvalue weighted by molar-refractivity contribution is 5.92. The Bertz CT molecular complexity index is 659. The third kappa shape index (κ3) is 2.97. The summed E-state index contributed by atoms with van der Waals surface area (Å²) in [5.41, 5.74) is 0.521. The molecule has 0 aromatic carbocycles. The van der Waals surface area contributed by atoms with Crippen molar-refractivity contribution >= 4 is 11.8 Å². The molecular weight excluding hydrogens is 318 g/mol. The Hall–Kier alpha value is -1.82. The molecule has 1 aromatic rings. The van der Waals surface area contributed by atoms with Crippen molar-refractivity contribution < 1.29 is 14.3 Å². The Balaban J connectivity index is 1.26. The van der Waals surface area contributed by atoms with E-state index in [1.54, 1.807) is 0 Å². The van der Waals surface area contributed by atoms with Gasteiger partial charge in [-0.05, 0) is 43.7 Å². The minimum atomic E-state index is -0.158. The summed E-state index contributed by atoms with van der Waals surface area (Å²) >= 11 is 0. The van der Waals surface area contributed by atoms with E-state index in [0.29, 0.717) is 24.1 Å². The van der Waals surface area contributed by atoms with E-state index in [0.717, 1.165) is 45.4 Å². The Morgan fingerprint density at radius 3 is 2.76 bits per heavy atom. The summed E-state index contributed by atoms with van der Waals surface area (Å²) in [5, 5.41) is 3.01. The number of aromatic nitrogens is 1. The number of likely N-dealkylation sites (tertiary alicyclic amines) is 1. The predicted molar refractivity (Wildman–Crippen MR) is 93.1 cm³/mol. The number of hydrogen-bond acceptors (Lipinski definition) is 3. The quantitative estimate of drug-likeness (QED) is 0.881. The number of ether oxygens (including phenoxy) is 1. The highest BCUT2D eigenvalue weighted by Crippen LogP contribution is 2.43. The Kier molecular flexibility index (Phi) is 4.31. The van der Waals surface area contributed by atoms with Crippen LogP contribution in [0.1, 0.15) is 42.6 Å². The molecule has 2 saturated heterocycles. The maximum absolute atomic E-state index is 12.3. The van der Waals surface area contributed by atoms with Gasteiger partial charge in [0, 0.05) is 32.3 Å². The van der Waals surface area contributed by atoms with Crippen LogP contribution in [0.2, 0.25) is 0 Å². The first-order valence-corrected chi connectivity index (χ1v) is 9.41. The van der Waals surface area contributed by atoms with Crippen molar-refractivity contribution in [3.8, 4) is 0 Å². The molecule has 2 aliphatic heterocycles. The van der Waals surface area contributed by atoms with Gasteiger partial charge < -0.3 is 19.5 Å². The molecule has 6 nitrogen and oxygen atoms in total. The number of carbonyl (C=O) groups excluding carboxylic acids is 2. The summed E-state index contributed by atoms with van der Waals surface area (Å²) in [6.07, 6.45) is 7.09. The zero-order valence-corrected chi connectivity index (χ0v) is 14.9. The van der Waals surface area contributed by atoms with Gasteiger partial charge in [0.15, 0.2) is 0 Å². The topological polar surface area (TPSA) is 63.6 Å². The summed E-state index contributed by atoms with van der Waals surface area (Å²) in [7, 11) is 1.87. The van der Waals surface area contributed by atoms with Crippen LogP contribution in [0.4, 0.5) is 0 Å². The number of aryl methyl sites for hydroxylation is 1. The van der Waals surface area contributed by atoms with Gasteiger partial charge in [-0.15, -0.1) is 0 Å². The van der Waals surface area contributed by atoms with Crippen LogP contribution in [0.25, 0.3) is 0 Å². The first-order valence-electron chi connectivity index (χ1n) is 9.41. The summed E-state index contributed by atoms with van der Waals surface area (Å²) in [4.78, 5) is 26.5. The average molecular weight is 345 g/mol. The van der Waals surface area contributed by atoms with Crippen LogP contribution in [-0.2, 0) is 16.6 Å². The fourth-order valence-electron chi connectivity index (χ4n) is 4.36. The smallest absolute Gasteiger partial charge is 0.267 e. The SMILES string of the molecule is Cn1cccc1C(=O)NCCC1CCOC12CN(C(=O)C1CCC1)C2. The molecule has 2 amide bonds. The normalized spacial score (nSPS) is 24.8. The molecule has 0 radical (unpaired) electrons. The second-order valence-corrected chi connectivity index (χ2v) is 7.77. The molecule has 1 aromatic heterocycles. The lowest BCUT2D eigenvalue weighted by Crippen LogP contribution is -2.67. The van der Waals surface area contributed by atoms with Crippen molar-refractivity contribution in [3.63, 3.8) is 0 Å². The molecule has 3 heterocycles. The Labute approximate surface area is 148 Å². The van der Waals surface area contributed by atoms with Crippen LogP contribution in [0, 0.1) is 11.8 Å². The fourth-order valence-corrected chi connectivity index (χ4v) is 4.36. The van der Waals surface area contributed by atoms with E-state index in [-0.39, 0.29) is 17.4 Å². The van der Waals surface area contributed by atoms with Crippen LogP contribution < -0.4 is 5.32 Å². The minimum absolute atomic E-state index is 0.0316. The van der Waals surface area contributed by atoms with Gasteiger partial charge in [-0.1, -0.05) is 6.42 Å². The van der Waals surface area contributed by atoms with Crippen molar-refractivity contribution in [3.05, 3.63) is 24.0 Å². The van der Waals surface area contributed by atoms with Gasteiger partial charge in [-0.3, -0.25) is 9.59 Å². The van der Waals surface area contributed by atoms with Crippen LogP contribution in [-0.4, -0.2) is 53.1 Å². The molecule has 3 fully saturated rings. The molecule has 1 N–H and O–H groups in total. The van der Waals surface area contributed by atoms with E-state index in [9.17, 15) is 9.59 Å². The van der Waals surface area contributed by atoms with E-state index in [2.05, 4.69) is 5.32 Å². The second-order valence-electron chi connectivity index (χ2n) is 7.77. The molecule has 1 aliphatic carbocycles. The van der Waals surface area contributed by atoms with Gasteiger partial charge in [0.25, 0.3) is 5.91 Å². The van der Waals surface area contributed by atoms with Gasteiger partial charge in [-0.25, -0.2) is 0 Å². The molecule has 1 unspecified atom stereocenters. The van der Waals surface area contributed by atoms with Crippen LogP contribution in [0.3, 0.4) is 0 Å². The second kappa shape index (κ2) is 6.48. The third-order valence-electron chi connectivity index (χ3n) is 6.24. The monoisotopic (exact) mass is 345 g/mol. The Morgan fingerprint density at radius 2 is 2.12 bits per heavy atom. The van der Waals surface area contributed by atoms with Crippen LogP contribution >= 0.6 is 0 Å². The zero-order valence-electron chi connectivity index (χ0n) is 14.9. The van der Waals surface area contributed by atoms with Crippen molar-refractivity contribution in [1.29, 1.82) is 0 Å². The van der Waals surface area contributed by atoms with E-state index in [1.807, 2.05) is 34.8 Å². The number of nitrogens with one attached hydrogen (secondary N) is 1. The first kappa shape index (κ1) is 16.6. The molecule has 4 rings (SSSR count). The number of amides is 2. The summed E-state index contributed by atoms with van der Waals surface area (Å²) in [6.45, 7) is 2.88. The lowest BCUT2D eigenvalue weighted by molar-refractivity contribution is -0.171. The third-order valence-corrected chi connectivity index (χ3v) is 6.24.